The molecule has 81 heavy (non-hydrogen) atoms. The minimum Gasteiger partial charge on any atom is -0.462 e. The zero-order valence-corrected chi connectivity index (χ0v) is 53.8. The summed E-state index contributed by atoms with van der Waals surface area (Å²) < 4.78 is 16.9. The highest BCUT2D eigenvalue weighted by atomic mass is 16.6. The molecule has 0 aromatic carbocycles. The molecule has 0 aromatic rings. The van der Waals surface area contributed by atoms with Crippen molar-refractivity contribution < 1.29 is 28.6 Å². The molecule has 0 saturated heterocycles. The molecule has 0 spiro atoms. The lowest BCUT2D eigenvalue weighted by Crippen LogP contribution is -2.30. The lowest BCUT2D eigenvalue weighted by molar-refractivity contribution is -0.167. The van der Waals surface area contributed by atoms with Crippen LogP contribution in [0.25, 0.3) is 0 Å². The number of esters is 3. The molecule has 0 radical (unpaired) electrons. The quantitative estimate of drug-likeness (QED) is 0.0261. The van der Waals surface area contributed by atoms with Gasteiger partial charge in [-0.05, 0) is 70.6 Å². The molecule has 0 aliphatic carbocycles. The lowest BCUT2D eigenvalue weighted by atomic mass is 10.0. The molecule has 0 aromatic heterocycles. The predicted molar refractivity (Wildman–Crippen MR) is 353 cm³/mol. The molecular formula is C75H132O6. The fraction of sp³-hybridized carbons (Fsp3) is 0.773. The van der Waals surface area contributed by atoms with Crippen molar-refractivity contribution in [2.45, 2.75) is 361 Å². The minimum absolute atomic E-state index is 0.0957. The van der Waals surface area contributed by atoms with Gasteiger partial charge in [-0.15, -0.1) is 0 Å². The number of hydrogen-bond donors (Lipinski definition) is 0. The summed E-state index contributed by atoms with van der Waals surface area (Å²) in [6.07, 6.45) is 92.1. The molecular weight excluding hydrogens is 997 g/mol. The van der Waals surface area contributed by atoms with E-state index in [2.05, 4.69) is 106 Å². The maximum Gasteiger partial charge on any atom is 0.306 e. The van der Waals surface area contributed by atoms with Crippen molar-refractivity contribution in [3.8, 4) is 0 Å². The van der Waals surface area contributed by atoms with E-state index in [-0.39, 0.29) is 37.5 Å². The van der Waals surface area contributed by atoms with Gasteiger partial charge in [-0.3, -0.25) is 14.4 Å². The molecule has 1 unspecified atom stereocenters. The number of carbonyl (C=O) groups is 3. The van der Waals surface area contributed by atoms with Crippen molar-refractivity contribution in [1.29, 1.82) is 0 Å². The van der Waals surface area contributed by atoms with E-state index in [0.717, 1.165) is 89.9 Å². The fourth-order valence-corrected chi connectivity index (χ4v) is 10.2. The molecule has 6 heteroatoms. The van der Waals surface area contributed by atoms with Gasteiger partial charge in [0.15, 0.2) is 6.10 Å². The third kappa shape index (κ3) is 67.3. The van der Waals surface area contributed by atoms with Crippen LogP contribution in [0.4, 0.5) is 0 Å². The normalized spacial score (nSPS) is 12.6. The van der Waals surface area contributed by atoms with Gasteiger partial charge >= 0.3 is 17.9 Å². The second kappa shape index (κ2) is 69.1. The minimum atomic E-state index is -0.805. The molecule has 0 bridgehead atoms. The first kappa shape index (κ1) is 77.6. The summed E-state index contributed by atoms with van der Waals surface area (Å²) in [5, 5.41) is 0. The van der Waals surface area contributed by atoms with Gasteiger partial charge in [0.25, 0.3) is 0 Å². The van der Waals surface area contributed by atoms with Gasteiger partial charge < -0.3 is 14.2 Å². The average molecular weight is 1130 g/mol. The van der Waals surface area contributed by atoms with Crippen LogP contribution in [0.3, 0.4) is 0 Å². The Morgan fingerprint density at radius 1 is 0.259 bits per heavy atom. The third-order valence-electron chi connectivity index (χ3n) is 15.4. The summed E-state index contributed by atoms with van der Waals surface area (Å²) in [5.74, 6) is -0.941. The van der Waals surface area contributed by atoms with Gasteiger partial charge in [0, 0.05) is 19.3 Å². The van der Waals surface area contributed by atoms with Gasteiger partial charge in [-0.25, -0.2) is 0 Å². The summed E-state index contributed by atoms with van der Waals surface area (Å²) in [4.78, 5) is 38.3. The molecule has 0 amide bonds. The molecule has 0 heterocycles. The van der Waals surface area contributed by atoms with Crippen molar-refractivity contribution >= 4 is 17.9 Å². The maximum absolute atomic E-state index is 12.9. The van der Waals surface area contributed by atoms with Gasteiger partial charge in [-0.1, -0.05) is 350 Å². The molecule has 0 aliphatic heterocycles. The lowest BCUT2D eigenvalue weighted by Gasteiger charge is -2.18. The van der Waals surface area contributed by atoms with Crippen LogP contribution >= 0.6 is 0 Å². The molecule has 0 aliphatic rings. The zero-order valence-electron chi connectivity index (χ0n) is 53.8. The topological polar surface area (TPSA) is 78.9 Å². The Balaban J connectivity index is 4.21. The maximum atomic E-state index is 12.9. The number of carbonyl (C=O) groups excluding carboxylic acids is 3. The Morgan fingerprint density at radius 2 is 0.481 bits per heavy atom. The Labute approximate surface area is 503 Å². The van der Waals surface area contributed by atoms with Crippen LogP contribution in [0.1, 0.15) is 355 Å². The van der Waals surface area contributed by atoms with E-state index in [1.807, 2.05) is 0 Å². The van der Waals surface area contributed by atoms with E-state index in [4.69, 9.17) is 14.2 Å². The van der Waals surface area contributed by atoms with Gasteiger partial charge in [-0.2, -0.15) is 0 Å². The second-order valence-corrected chi connectivity index (χ2v) is 23.4. The van der Waals surface area contributed by atoms with Crippen LogP contribution in [0, 0.1) is 0 Å². The van der Waals surface area contributed by atoms with Gasteiger partial charge in [0.1, 0.15) is 13.2 Å². The number of allylic oxidation sites excluding steroid dienone is 14. The highest BCUT2D eigenvalue weighted by Crippen LogP contribution is 2.18. The number of ether oxygens (including phenoxy) is 3. The molecule has 1 atom stereocenters. The third-order valence-corrected chi connectivity index (χ3v) is 15.4. The number of unbranched alkanes of at least 4 members (excludes halogenated alkanes) is 39. The van der Waals surface area contributed by atoms with Crippen LogP contribution in [0.15, 0.2) is 85.1 Å². The molecule has 0 fully saturated rings. The summed E-state index contributed by atoms with van der Waals surface area (Å²) in [5.41, 5.74) is 0. The average Bonchev–Trinajstić information content (AvgIpc) is 3.47. The fourth-order valence-electron chi connectivity index (χ4n) is 10.2. The first-order valence-corrected chi connectivity index (χ1v) is 35.1. The van der Waals surface area contributed by atoms with Gasteiger partial charge in [0.2, 0.25) is 0 Å². The smallest absolute Gasteiger partial charge is 0.306 e. The molecule has 0 saturated carbocycles. The van der Waals surface area contributed by atoms with Crippen LogP contribution in [-0.2, 0) is 28.6 Å². The second-order valence-electron chi connectivity index (χ2n) is 23.4. The molecule has 468 valence electrons. The Bertz CT molecular complexity index is 1530. The van der Waals surface area contributed by atoms with Crippen molar-refractivity contribution in [2.75, 3.05) is 13.2 Å². The monoisotopic (exact) mass is 1130 g/mol. The highest BCUT2D eigenvalue weighted by molar-refractivity contribution is 5.71. The number of rotatable bonds is 64. The standard InChI is InChI=1S/C75H132O6/c1-4-7-10-13-16-19-22-24-26-28-30-32-34-35-36-37-38-39-40-42-43-45-47-49-51-53-56-59-62-65-68-74(77)80-71-72(70-79-73(76)67-64-61-58-55-21-18-15-12-9-6-3)81-75(78)69-66-63-60-57-54-52-50-48-46-44-41-33-31-29-27-25-23-20-17-14-11-8-5-2/h8,11,17,20,25,27,31,33,44,46,50,52,57,60,72H,4-7,9-10,12-16,18-19,21-24,26,28-30,32,34-43,45,47-49,51,53-56,58-59,61-71H2,1-3H3/b11-8-,20-17-,27-25-,33-31-,46-44-,52-50-,60-57-. The zero-order chi connectivity index (χ0) is 58.5. The predicted octanol–water partition coefficient (Wildman–Crippen LogP) is 24.2. The van der Waals surface area contributed by atoms with Crippen molar-refractivity contribution in [1.82, 2.24) is 0 Å². The van der Waals surface area contributed by atoms with E-state index < -0.39 is 6.10 Å². The molecule has 6 nitrogen and oxygen atoms in total. The Kier molecular flexibility index (Phi) is 66.2. The number of hydrogen-bond acceptors (Lipinski definition) is 6. The van der Waals surface area contributed by atoms with Gasteiger partial charge in [0.05, 0.1) is 0 Å². The van der Waals surface area contributed by atoms with Crippen LogP contribution in [-0.4, -0.2) is 37.2 Å². The Hall–Kier alpha value is -3.41. The van der Waals surface area contributed by atoms with Crippen molar-refractivity contribution in [2.24, 2.45) is 0 Å². The summed E-state index contributed by atoms with van der Waals surface area (Å²) in [6, 6.07) is 0. The van der Waals surface area contributed by atoms with Crippen molar-refractivity contribution in [3.05, 3.63) is 85.1 Å². The first-order valence-electron chi connectivity index (χ1n) is 35.1. The van der Waals surface area contributed by atoms with Crippen molar-refractivity contribution in [3.63, 3.8) is 0 Å². The van der Waals surface area contributed by atoms with E-state index in [1.54, 1.807) is 0 Å². The van der Waals surface area contributed by atoms with E-state index in [9.17, 15) is 14.4 Å². The van der Waals surface area contributed by atoms with E-state index >= 15 is 0 Å². The molecule has 0 N–H and O–H groups in total. The van der Waals surface area contributed by atoms with E-state index in [1.165, 1.54) is 218 Å². The van der Waals surface area contributed by atoms with E-state index in [0.29, 0.717) is 19.3 Å². The summed E-state index contributed by atoms with van der Waals surface area (Å²) in [6.45, 7) is 6.51. The Morgan fingerprint density at radius 3 is 0.741 bits per heavy atom. The highest BCUT2D eigenvalue weighted by Gasteiger charge is 2.19. The summed E-state index contributed by atoms with van der Waals surface area (Å²) >= 11 is 0. The first-order chi connectivity index (χ1) is 40.0. The van der Waals surface area contributed by atoms with Crippen LogP contribution < -0.4 is 0 Å². The van der Waals surface area contributed by atoms with Crippen LogP contribution in [0.5, 0.6) is 0 Å². The molecule has 0 rings (SSSR count). The summed E-state index contributed by atoms with van der Waals surface area (Å²) in [7, 11) is 0. The van der Waals surface area contributed by atoms with Crippen LogP contribution in [0.2, 0.25) is 0 Å². The largest absolute Gasteiger partial charge is 0.462 e. The SMILES string of the molecule is CC/C=C\C/C=C\C/C=C\C/C=C\C/C=C\C/C=C\C/C=C\CCCC(=O)OC(COC(=O)CCCCCCCCCCCC)COC(=O)CCCCCCCCCCCCCCCCCCCCCCCCCCCCCCCC.